The number of aliphatic hydroxyl groups is 3. The molecule has 4 heteroatoms. The summed E-state index contributed by atoms with van der Waals surface area (Å²) < 4.78 is 0. The largest absolute Gasteiger partial charge is 0.394 e. The van der Waals surface area contributed by atoms with Crippen LogP contribution in [-0.2, 0) is 0 Å². The lowest BCUT2D eigenvalue weighted by Gasteiger charge is -2.20. The van der Waals surface area contributed by atoms with Gasteiger partial charge < -0.3 is 21.1 Å². The van der Waals surface area contributed by atoms with E-state index in [1.807, 2.05) is 0 Å². The van der Waals surface area contributed by atoms with E-state index in [4.69, 9.17) is 15.9 Å². The summed E-state index contributed by atoms with van der Waals surface area (Å²) in [5, 5.41) is 27.3. The van der Waals surface area contributed by atoms with Crippen molar-refractivity contribution in [3.05, 3.63) is 0 Å². The van der Waals surface area contributed by atoms with Crippen LogP contribution >= 0.6 is 0 Å². The third kappa shape index (κ3) is 6.32. The zero-order chi connectivity index (χ0) is 11.0. The lowest BCUT2D eigenvalue weighted by atomic mass is 10.00. The van der Waals surface area contributed by atoms with Crippen LogP contribution in [0.1, 0.15) is 39.0 Å². The minimum Gasteiger partial charge on any atom is -0.394 e. The van der Waals surface area contributed by atoms with Crippen LogP contribution < -0.4 is 5.73 Å². The molecule has 3 atom stereocenters. The van der Waals surface area contributed by atoms with E-state index in [2.05, 4.69) is 6.92 Å². The summed E-state index contributed by atoms with van der Waals surface area (Å²) in [5.41, 5.74) is 5.65. The summed E-state index contributed by atoms with van der Waals surface area (Å²) in [6, 6.07) is -0.436. The van der Waals surface area contributed by atoms with Crippen LogP contribution in [0.25, 0.3) is 0 Å². The summed E-state index contributed by atoms with van der Waals surface area (Å²) in [6.07, 6.45) is 2.71. The number of nitrogens with two attached hydrogens (primary N) is 1. The topological polar surface area (TPSA) is 86.7 Å². The molecule has 5 N–H and O–H groups in total. The van der Waals surface area contributed by atoms with Crippen molar-refractivity contribution in [2.75, 3.05) is 6.61 Å². The monoisotopic (exact) mass is 205 g/mol. The van der Waals surface area contributed by atoms with Gasteiger partial charge in [-0.2, -0.15) is 0 Å². The molecule has 0 heterocycles. The summed E-state index contributed by atoms with van der Waals surface area (Å²) in [4.78, 5) is 0. The zero-order valence-electron chi connectivity index (χ0n) is 8.89. The van der Waals surface area contributed by atoms with E-state index in [1.54, 1.807) is 0 Å². The second kappa shape index (κ2) is 8.17. The first kappa shape index (κ1) is 13.8. The maximum atomic E-state index is 9.57. The van der Waals surface area contributed by atoms with E-state index in [0.29, 0.717) is 6.42 Å². The van der Waals surface area contributed by atoms with E-state index in [1.165, 1.54) is 0 Å². The van der Waals surface area contributed by atoms with Gasteiger partial charge in [0.2, 0.25) is 0 Å². The van der Waals surface area contributed by atoms with Gasteiger partial charge in [0.1, 0.15) is 0 Å². The average molecular weight is 205 g/mol. The normalized spacial score (nSPS) is 17.8. The molecule has 0 saturated carbocycles. The number of hydrogen-bond acceptors (Lipinski definition) is 4. The maximum Gasteiger partial charge on any atom is 0.0786 e. The molecule has 3 unspecified atom stereocenters. The molecular weight excluding hydrogens is 182 g/mol. The van der Waals surface area contributed by atoms with Crippen molar-refractivity contribution in [2.45, 2.75) is 57.3 Å². The van der Waals surface area contributed by atoms with Crippen molar-refractivity contribution >= 4 is 0 Å². The van der Waals surface area contributed by atoms with Crippen molar-refractivity contribution in [1.82, 2.24) is 0 Å². The van der Waals surface area contributed by atoms with Crippen LogP contribution in [0.2, 0.25) is 0 Å². The van der Waals surface area contributed by atoms with E-state index >= 15 is 0 Å². The summed E-state index contributed by atoms with van der Waals surface area (Å²) in [6.45, 7) is 1.80. The molecule has 0 aliphatic rings. The van der Waals surface area contributed by atoms with Gasteiger partial charge in [-0.25, -0.2) is 0 Å². The van der Waals surface area contributed by atoms with Crippen molar-refractivity contribution in [1.29, 1.82) is 0 Å². The first-order valence-corrected chi connectivity index (χ1v) is 5.34. The number of aliphatic hydroxyl groups excluding tert-OH is 3. The van der Waals surface area contributed by atoms with Crippen LogP contribution in [0.5, 0.6) is 0 Å². The van der Waals surface area contributed by atoms with Crippen LogP contribution in [-0.4, -0.2) is 40.2 Å². The van der Waals surface area contributed by atoms with Crippen molar-refractivity contribution < 1.29 is 15.3 Å². The molecular formula is C10H23NO3. The number of hydrogen-bond donors (Lipinski definition) is 4. The van der Waals surface area contributed by atoms with Gasteiger partial charge in [-0.05, 0) is 12.8 Å². The average Bonchev–Trinajstić information content (AvgIpc) is 2.17. The Bertz CT molecular complexity index is 133. The molecule has 4 nitrogen and oxygen atoms in total. The molecule has 0 spiro atoms. The summed E-state index contributed by atoms with van der Waals surface area (Å²) in [7, 11) is 0. The minimum atomic E-state index is -0.814. The van der Waals surface area contributed by atoms with E-state index in [0.717, 1.165) is 19.3 Å². The van der Waals surface area contributed by atoms with Gasteiger partial charge >= 0.3 is 0 Å². The second-order valence-corrected chi connectivity index (χ2v) is 3.80. The van der Waals surface area contributed by atoms with Crippen LogP contribution in [0.15, 0.2) is 0 Å². The zero-order valence-corrected chi connectivity index (χ0v) is 8.89. The fraction of sp³-hybridized carbons (Fsp3) is 1.00. The van der Waals surface area contributed by atoms with Gasteiger partial charge in [0.25, 0.3) is 0 Å². The Morgan fingerprint density at radius 1 is 1.21 bits per heavy atom. The standard InChI is InChI=1S/C10H23NO3/c1-2-3-4-5-10(14)9(11)6-8(13)7-12/h8-10,12-14H,2-7,11H2,1H3. The molecule has 0 bridgehead atoms. The van der Waals surface area contributed by atoms with Crippen LogP contribution in [0.3, 0.4) is 0 Å². The van der Waals surface area contributed by atoms with E-state index in [9.17, 15) is 5.11 Å². The Kier molecular flexibility index (Phi) is 8.08. The second-order valence-electron chi connectivity index (χ2n) is 3.80. The lowest BCUT2D eigenvalue weighted by molar-refractivity contribution is 0.0547. The van der Waals surface area contributed by atoms with Gasteiger partial charge in [-0.1, -0.05) is 26.2 Å². The Labute approximate surface area is 85.7 Å². The highest BCUT2D eigenvalue weighted by molar-refractivity contribution is 4.74. The Balaban J connectivity index is 3.58. The molecule has 0 aliphatic carbocycles. The molecule has 0 rings (SSSR count). The minimum absolute atomic E-state index is 0.254. The highest BCUT2D eigenvalue weighted by Crippen LogP contribution is 2.09. The SMILES string of the molecule is CCCCCC(O)C(N)CC(O)CO. The Hall–Kier alpha value is -0.160. The third-order valence-electron chi connectivity index (χ3n) is 2.35. The molecule has 86 valence electrons. The predicted molar refractivity (Wildman–Crippen MR) is 55.8 cm³/mol. The Morgan fingerprint density at radius 3 is 2.36 bits per heavy atom. The molecule has 0 saturated heterocycles. The van der Waals surface area contributed by atoms with Crippen LogP contribution in [0, 0.1) is 0 Å². The maximum absolute atomic E-state index is 9.57. The van der Waals surface area contributed by atoms with Crippen molar-refractivity contribution in [2.24, 2.45) is 5.73 Å². The summed E-state index contributed by atoms with van der Waals surface area (Å²) >= 11 is 0. The van der Waals surface area contributed by atoms with E-state index < -0.39 is 18.2 Å². The number of unbranched alkanes of at least 4 members (excludes halogenated alkanes) is 2. The smallest absolute Gasteiger partial charge is 0.0786 e. The molecule has 0 aromatic heterocycles. The van der Waals surface area contributed by atoms with Gasteiger partial charge in [-0.3, -0.25) is 0 Å². The Morgan fingerprint density at radius 2 is 1.86 bits per heavy atom. The predicted octanol–water partition coefficient (Wildman–Crippen LogP) is -0.00180. The first-order chi connectivity index (χ1) is 6.61. The third-order valence-corrected chi connectivity index (χ3v) is 2.35. The molecule has 0 radical (unpaired) electrons. The van der Waals surface area contributed by atoms with Crippen molar-refractivity contribution in [3.8, 4) is 0 Å². The molecule has 0 amide bonds. The lowest BCUT2D eigenvalue weighted by Crippen LogP contribution is -2.38. The molecule has 0 aromatic carbocycles. The molecule has 0 aliphatic heterocycles. The van der Waals surface area contributed by atoms with Gasteiger partial charge in [0, 0.05) is 6.04 Å². The fourth-order valence-corrected chi connectivity index (χ4v) is 1.36. The van der Waals surface area contributed by atoms with E-state index in [-0.39, 0.29) is 13.0 Å². The number of rotatable bonds is 8. The molecule has 14 heavy (non-hydrogen) atoms. The van der Waals surface area contributed by atoms with Gasteiger partial charge in [0.15, 0.2) is 0 Å². The first-order valence-electron chi connectivity index (χ1n) is 5.34. The quantitative estimate of drug-likeness (QED) is 0.420. The van der Waals surface area contributed by atoms with Crippen LogP contribution in [0.4, 0.5) is 0 Å². The summed E-state index contributed by atoms with van der Waals surface area (Å²) in [5.74, 6) is 0. The highest BCUT2D eigenvalue weighted by atomic mass is 16.3. The van der Waals surface area contributed by atoms with Gasteiger partial charge in [-0.15, -0.1) is 0 Å². The van der Waals surface area contributed by atoms with Crippen molar-refractivity contribution in [3.63, 3.8) is 0 Å². The fourth-order valence-electron chi connectivity index (χ4n) is 1.36. The molecule has 0 fully saturated rings. The molecule has 0 aromatic rings. The highest BCUT2D eigenvalue weighted by Gasteiger charge is 2.17. The van der Waals surface area contributed by atoms with Gasteiger partial charge in [0.05, 0.1) is 18.8 Å².